The van der Waals surface area contributed by atoms with Crippen LogP contribution < -0.4 is 10.1 Å². The van der Waals surface area contributed by atoms with E-state index in [2.05, 4.69) is 10.1 Å². The molecule has 1 N–H and O–H groups in total. The lowest BCUT2D eigenvalue weighted by atomic mass is 10.2. The van der Waals surface area contributed by atoms with Crippen LogP contribution in [0.4, 0.5) is 18.0 Å². The number of amides is 1. The maximum Gasteiger partial charge on any atom is 0.573 e. The van der Waals surface area contributed by atoms with E-state index in [1.165, 1.54) is 24.3 Å². The number of para-hydroxylation sites is 1. The van der Waals surface area contributed by atoms with E-state index >= 15 is 0 Å². The summed E-state index contributed by atoms with van der Waals surface area (Å²) in [5, 5.41) is 2.57. The molecule has 26 heavy (non-hydrogen) atoms. The SMILES string of the molecule is O=C(NCCC=Cc1ccccc1OC(F)(F)F)OCc1ccccc1. The van der Waals surface area contributed by atoms with Gasteiger partial charge in [-0.3, -0.25) is 0 Å². The molecule has 1 amide bonds. The summed E-state index contributed by atoms with van der Waals surface area (Å²) < 4.78 is 46.0. The zero-order valence-electron chi connectivity index (χ0n) is 13.8. The molecule has 0 bridgehead atoms. The molecule has 0 unspecified atom stereocenters. The number of nitrogens with one attached hydrogen (secondary N) is 1. The predicted octanol–water partition coefficient (Wildman–Crippen LogP) is 4.91. The highest BCUT2D eigenvalue weighted by Gasteiger charge is 2.31. The first-order valence-electron chi connectivity index (χ1n) is 7.90. The molecule has 4 nitrogen and oxygen atoms in total. The van der Waals surface area contributed by atoms with Crippen molar-refractivity contribution in [1.29, 1.82) is 0 Å². The van der Waals surface area contributed by atoms with E-state index in [9.17, 15) is 18.0 Å². The zero-order chi connectivity index (χ0) is 18.8. The van der Waals surface area contributed by atoms with Crippen LogP contribution in [-0.4, -0.2) is 19.0 Å². The monoisotopic (exact) mass is 365 g/mol. The van der Waals surface area contributed by atoms with E-state index in [-0.39, 0.29) is 12.4 Å². The van der Waals surface area contributed by atoms with Crippen molar-refractivity contribution in [2.24, 2.45) is 0 Å². The molecule has 7 heteroatoms. The standard InChI is InChI=1S/C19H18F3NO3/c20-19(21,22)26-17-12-5-4-10-16(17)11-6-7-13-23-18(24)25-14-15-8-2-1-3-9-15/h1-6,8-12H,7,13-14H2,(H,23,24). The molecule has 0 radical (unpaired) electrons. The summed E-state index contributed by atoms with van der Waals surface area (Å²) >= 11 is 0. The summed E-state index contributed by atoms with van der Waals surface area (Å²) in [6.07, 6.45) is -1.70. The van der Waals surface area contributed by atoms with Crippen molar-refractivity contribution in [2.75, 3.05) is 6.54 Å². The smallest absolute Gasteiger partial charge is 0.445 e. The molecule has 0 aliphatic heterocycles. The van der Waals surface area contributed by atoms with Gasteiger partial charge in [0, 0.05) is 12.1 Å². The molecule has 0 atom stereocenters. The third kappa shape index (κ3) is 7.29. The van der Waals surface area contributed by atoms with Crippen LogP contribution in [-0.2, 0) is 11.3 Å². The number of carbonyl (C=O) groups is 1. The second-order valence-electron chi connectivity index (χ2n) is 5.27. The number of benzene rings is 2. The molecule has 0 spiro atoms. The van der Waals surface area contributed by atoms with Gasteiger partial charge in [0.15, 0.2) is 0 Å². The minimum atomic E-state index is -4.74. The van der Waals surface area contributed by atoms with Crippen molar-refractivity contribution < 1.29 is 27.4 Å². The quantitative estimate of drug-likeness (QED) is 0.709. The molecule has 0 saturated heterocycles. The fourth-order valence-electron chi connectivity index (χ4n) is 2.08. The first kappa shape index (κ1) is 19.4. The fraction of sp³-hybridized carbons (Fsp3) is 0.211. The Morgan fingerprint density at radius 3 is 2.46 bits per heavy atom. The molecule has 138 valence electrons. The van der Waals surface area contributed by atoms with Crippen LogP contribution in [0.15, 0.2) is 60.7 Å². The summed E-state index contributed by atoms with van der Waals surface area (Å²) in [6.45, 7) is 0.469. The van der Waals surface area contributed by atoms with Crippen molar-refractivity contribution in [3.05, 3.63) is 71.8 Å². The highest BCUT2D eigenvalue weighted by atomic mass is 19.4. The van der Waals surface area contributed by atoms with Crippen LogP contribution in [0, 0.1) is 0 Å². The summed E-state index contributed by atoms with van der Waals surface area (Å²) in [5.74, 6) is -0.272. The van der Waals surface area contributed by atoms with E-state index in [0.29, 0.717) is 18.5 Å². The third-order valence-electron chi connectivity index (χ3n) is 3.24. The lowest BCUT2D eigenvalue weighted by Crippen LogP contribution is -2.24. The number of rotatable bonds is 7. The van der Waals surface area contributed by atoms with Gasteiger partial charge < -0.3 is 14.8 Å². The van der Waals surface area contributed by atoms with Gasteiger partial charge in [-0.15, -0.1) is 13.2 Å². The highest BCUT2D eigenvalue weighted by Crippen LogP contribution is 2.27. The fourth-order valence-corrected chi connectivity index (χ4v) is 2.08. The second kappa shape index (κ2) is 9.50. The zero-order valence-corrected chi connectivity index (χ0v) is 13.8. The Morgan fingerprint density at radius 1 is 1.04 bits per heavy atom. The summed E-state index contributed by atoms with van der Waals surface area (Å²) in [4.78, 5) is 11.6. The van der Waals surface area contributed by atoms with Gasteiger partial charge in [0.05, 0.1) is 0 Å². The van der Waals surface area contributed by atoms with Gasteiger partial charge in [-0.05, 0) is 18.1 Å². The molecule has 2 aromatic carbocycles. The number of ether oxygens (including phenoxy) is 2. The molecule has 0 heterocycles. The van der Waals surface area contributed by atoms with E-state index in [4.69, 9.17) is 4.74 Å². The lowest BCUT2D eigenvalue weighted by Gasteiger charge is -2.11. The van der Waals surface area contributed by atoms with Gasteiger partial charge >= 0.3 is 12.5 Å². The van der Waals surface area contributed by atoms with E-state index in [1.54, 1.807) is 12.1 Å². The minimum absolute atomic E-state index is 0.171. The Morgan fingerprint density at radius 2 is 1.73 bits per heavy atom. The van der Waals surface area contributed by atoms with Crippen molar-refractivity contribution in [3.63, 3.8) is 0 Å². The van der Waals surface area contributed by atoms with Crippen LogP contribution >= 0.6 is 0 Å². The van der Waals surface area contributed by atoms with Crippen molar-refractivity contribution in [2.45, 2.75) is 19.4 Å². The van der Waals surface area contributed by atoms with Crippen molar-refractivity contribution >= 4 is 12.2 Å². The normalized spacial score (nSPS) is 11.3. The number of hydrogen-bond donors (Lipinski definition) is 1. The molecular weight excluding hydrogens is 347 g/mol. The Hall–Kier alpha value is -2.96. The maximum absolute atomic E-state index is 12.3. The molecule has 0 fully saturated rings. The lowest BCUT2D eigenvalue weighted by molar-refractivity contribution is -0.274. The minimum Gasteiger partial charge on any atom is -0.445 e. The molecule has 2 aromatic rings. The first-order valence-corrected chi connectivity index (χ1v) is 7.90. The Bertz CT molecular complexity index is 730. The maximum atomic E-state index is 12.3. The van der Waals surface area contributed by atoms with Gasteiger partial charge in [-0.1, -0.05) is 60.7 Å². The van der Waals surface area contributed by atoms with Crippen LogP contribution in [0.2, 0.25) is 0 Å². The summed E-state index contributed by atoms with van der Waals surface area (Å²) in [7, 11) is 0. The van der Waals surface area contributed by atoms with E-state index in [0.717, 1.165) is 5.56 Å². The summed E-state index contributed by atoms with van der Waals surface area (Å²) in [6, 6.07) is 15.1. The van der Waals surface area contributed by atoms with Gasteiger partial charge in [-0.2, -0.15) is 0 Å². The van der Waals surface area contributed by atoms with Gasteiger partial charge in [0.1, 0.15) is 12.4 Å². The summed E-state index contributed by atoms with van der Waals surface area (Å²) in [5.41, 5.74) is 1.18. The number of carbonyl (C=O) groups excluding carboxylic acids is 1. The molecule has 0 aliphatic rings. The van der Waals surface area contributed by atoms with Crippen LogP contribution in [0.3, 0.4) is 0 Å². The Kier molecular flexibility index (Phi) is 7.08. The van der Waals surface area contributed by atoms with E-state index in [1.807, 2.05) is 30.3 Å². The Balaban J connectivity index is 1.73. The van der Waals surface area contributed by atoms with Crippen LogP contribution in [0.1, 0.15) is 17.5 Å². The molecule has 2 rings (SSSR count). The number of halogens is 3. The van der Waals surface area contributed by atoms with Gasteiger partial charge in [0.25, 0.3) is 0 Å². The van der Waals surface area contributed by atoms with Crippen LogP contribution in [0.5, 0.6) is 5.75 Å². The average Bonchev–Trinajstić information content (AvgIpc) is 2.60. The molecular formula is C19H18F3NO3. The van der Waals surface area contributed by atoms with E-state index < -0.39 is 12.5 Å². The largest absolute Gasteiger partial charge is 0.573 e. The van der Waals surface area contributed by atoms with Crippen molar-refractivity contribution in [3.8, 4) is 5.75 Å². The molecule has 0 aromatic heterocycles. The number of hydrogen-bond acceptors (Lipinski definition) is 3. The van der Waals surface area contributed by atoms with Crippen LogP contribution in [0.25, 0.3) is 6.08 Å². The third-order valence-corrected chi connectivity index (χ3v) is 3.24. The second-order valence-corrected chi connectivity index (χ2v) is 5.27. The Labute approximate surface area is 149 Å². The van der Waals surface area contributed by atoms with Gasteiger partial charge in [0.2, 0.25) is 0 Å². The molecule has 0 aliphatic carbocycles. The average molecular weight is 365 g/mol. The van der Waals surface area contributed by atoms with Crippen molar-refractivity contribution in [1.82, 2.24) is 5.32 Å². The first-order chi connectivity index (χ1) is 12.4. The van der Waals surface area contributed by atoms with Gasteiger partial charge in [-0.25, -0.2) is 4.79 Å². The molecule has 0 saturated carbocycles. The topological polar surface area (TPSA) is 47.6 Å². The number of alkyl halides is 3. The predicted molar refractivity (Wildman–Crippen MR) is 91.4 cm³/mol. The highest BCUT2D eigenvalue weighted by molar-refractivity contribution is 5.67. The number of alkyl carbamates (subject to hydrolysis) is 1.